The number of aliphatic hydroxyl groups excluding tert-OH is 1. The Hall–Kier alpha value is 0.870. The third kappa shape index (κ3) is 20.8. The standard InChI is InChI=1S/C24H50O4S.Na/c1-3-5-6-7-8-9-10-11-12-13-14-15-16-17-18-19-20-21-22-24(23(25)4-2)29(26,27)28;/h23-25H,3-22H2,1-2H3,(H,26,27,28);/q;+1/p-1. The number of hydrogen-bond acceptors (Lipinski definition) is 4. The molecule has 0 saturated carbocycles. The first-order valence-corrected chi connectivity index (χ1v) is 14.0. The van der Waals surface area contributed by atoms with Crippen molar-refractivity contribution < 1.29 is 47.6 Å². The van der Waals surface area contributed by atoms with Crippen LogP contribution < -0.4 is 29.6 Å². The molecule has 0 aliphatic heterocycles. The van der Waals surface area contributed by atoms with Gasteiger partial charge in [-0.1, -0.05) is 129 Å². The van der Waals surface area contributed by atoms with Crippen LogP contribution in [0.2, 0.25) is 0 Å². The number of unbranched alkanes of at least 4 members (excludes halogenated alkanes) is 17. The molecule has 4 nitrogen and oxygen atoms in total. The van der Waals surface area contributed by atoms with Crippen LogP contribution in [0.5, 0.6) is 0 Å². The molecule has 2 unspecified atom stereocenters. The van der Waals surface area contributed by atoms with E-state index in [4.69, 9.17) is 0 Å². The summed E-state index contributed by atoms with van der Waals surface area (Å²) >= 11 is 0. The van der Waals surface area contributed by atoms with Gasteiger partial charge in [-0.2, -0.15) is 0 Å². The molecule has 0 aromatic heterocycles. The Bertz CT molecular complexity index is 442. The van der Waals surface area contributed by atoms with E-state index in [0.29, 0.717) is 19.3 Å². The Balaban J connectivity index is 0. The van der Waals surface area contributed by atoms with Gasteiger partial charge in [0.25, 0.3) is 0 Å². The van der Waals surface area contributed by atoms with Gasteiger partial charge in [-0.25, -0.2) is 8.42 Å². The van der Waals surface area contributed by atoms with Crippen LogP contribution in [0.1, 0.15) is 142 Å². The van der Waals surface area contributed by atoms with Gasteiger partial charge in [-0.15, -0.1) is 0 Å². The van der Waals surface area contributed by atoms with E-state index in [1.165, 1.54) is 96.3 Å². The average Bonchev–Trinajstić information content (AvgIpc) is 2.68. The number of aliphatic hydroxyl groups is 1. The fraction of sp³-hybridized carbons (Fsp3) is 1.00. The van der Waals surface area contributed by atoms with Gasteiger partial charge in [0.05, 0.1) is 11.4 Å². The van der Waals surface area contributed by atoms with Crippen molar-refractivity contribution in [1.29, 1.82) is 0 Å². The van der Waals surface area contributed by atoms with Crippen molar-refractivity contribution in [3.63, 3.8) is 0 Å². The van der Waals surface area contributed by atoms with Crippen molar-refractivity contribution in [3.8, 4) is 0 Å². The minimum atomic E-state index is -4.40. The summed E-state index contributed by atoms with van der Waals surface area (Å²) in [5.74, 6) is 0. The van der Waals surface area contributed by atoms with Crippen molar-refractivity contribution in [2.24, 2.45) is 0 Å². The average molecular weight is 457 g/mol. The Kier molecular flexibility index (Phi) is 25.4. The molecule has 30 heavy (non-hydrogen) atoms. The summed E-state index contributed by atoms with van der Waals surface area (Å²) in [7, 11) is -4.40. The van der Waals surface area contributed by atoms with E-state index >= 15 is 0 Å². The van der Waals surface area contributed by atoms with Gasteiger partial charge in [-0.05, 0) is 12.8 Å². The van der Waals surface area contributed by atoms with Gasteiger partial charge in [-0.3, -0.25) is 0 Å². The van der Waals surface area contributed by atoms with Gasteiger partial charge in [0.2, 0.25) is 0 Å². The van der Waals surface area contributed by atoms with Crippen molar-refractivity contribution in [2.75, 3.05) is 0 Å². The Morgan fingerprint density at radius 1 is 0.633 bits per heavy atom. The third-order valence-corrected chi connectivity index (χ3v) is 7.35. The van der Waals surface area contributed by atoms with Crippen LogP contribution in [-0.4, -0.2) is 29.4 Å². The van der Waals surface area contributed by atoms with Gasteiger partial charge >= 0.3 is 29.6 Å². The van der Waals surface area contributed by atoms with E-state index in [-0.39, 0.29) is 29.6 Å². The summed E-state index contributed by atoms with van der Waals surface area (Å²) in [4.78, 5) is 0. The Morgan fingerprint density at radius 3 is 1.20 bits per heavy atom. The number of rotatable bonds is 22. The fourth-order valence-corrected chi connectivity index (χ4v) is 5.07. The largest absolute Gasteiger partial charge is 1.00 e. The van der Waals surface area contributed by atoms with E-state index < -0.39 is 21.5 Å². The topological polar surface area (TPSA) is 77.4 Å². The minimum absolute atomic E-state index is 0. The first-order valence-electron chi connectivity index (χ1n) is 12.6. The van der Waals surface area contributed by atoms with Crippen molar-refractivity contribution >= 4 is 10.1 Å². The normalized spacial score (nSPS) is 13.7. The van der Waals surface area contributed by atoms with Crippen molar-refractivity contribution in [2.45, 2.75) is 154 Å². The molecular formula is C24H49NaO4S. The maximum Gasteiger partial charge on any atom is 1.00 e. The quantitative estimate of drug-likeness (QED) is 0.151. The minimum Gasteiger partial charge on any atom is -0.748 e. The zero-order valence-electron chi connectivity index (χ0n) is 20.4. The molecule has 0 heterocycles. The SMILES string of the molecule is CCCCCCCCCCCCCCCCCCCCC(C(O)CC)S(=O)(=O)[O-].[Na+]. The molecule has 2 atom stereocenters. The molecule has 0 aromatic carbocycles. The molecule has 0 aliphatic rings. The Morgan fingerprint density at radius 2 is 0.933 bits per heavy atom. The summed E-state index contributed by atoms with van der Waals surface area (Å²) in [6.07, 6.45) is 22.7. The van der Waals surface area contributed by atoms with Gasteiger partial charge in [0.1, 0.15) is 10.1 Å². The predicted octanol–water partition coefficient (Wildman–Crippen LogP) is 4.11. The zero-order valence-corrected chi connectivity index (χ0v) is 23.2. The first-order chi connectivity index (χ1) is 13.9. The van der Waals surface area contributed by atoms with Crippen LogP contribution in [-0.2, 0) is 10.1 Å². The van der Waals surface area contributed by atoms with Crippen LogP contribution >= 0.6 is 0 Å². The van der Waals surface area contributed by atoms with Gasteiger partial charge < -0.3 is 9.66 Å². The van der Waals surface area contributed by atoms with E-state index in [9.17, 15) is 18.1 Å². The van der Waals surface area contributed by atoms with E-state index in [1.54, 1.807) is 6.92 Å². The summed E-state index contributed by atoms with van der Waals surface area (Å²) in [6, 6.07) is 0. The predicted molar refractivity (Wildman–Crippen MR) is 123 cm³/mol. The van der Waals surface area contributed by atoms with Crippen LogP contribution in [0.3, 0.4) is 0 Å². The molecule has 0 fully saturated rings. The second kappa shape index (κ2) is 23.0. The summed E-state index contributed by atoms with van der Waals surface area (Å²) in [5.41, 5.74) is 0. The smallest absolute Gasteiger partial charge is 0.748 e. The molecule has 0 aromatic rings. The third-order valence-electron chi connectivity index (χ3n) is 6.06. The first kappa shape index (κ1) is 33.0. The van der Waals surface area contributed by atoms with Crippen LogP contribution in [0, 0.1) is 0 Å². The second-order valence-electron chi connectivity index (χ2n) is 8.81. The van der Waals surface area contributed by atoms with E-state index in [2.05, 4.69) is 6.92 Å². The van der Waals surface area contributed by atoms with Crippen molar-refractivity contribution in [1.82, 2.24) is 0 Å². The van der Waals surface area contributed by atoms with Gasteiger partial charge in [0.15, 0.2) is 0 Å². The maximum absolute atomic E-state index is 11.2. The van der Waals surface area contributed by atoms with Crippen LogP contribution in [0.25, 0.3) is 0 Å². The zero-order chi connectivity index (χ0) is 21.8. The molecule has 176 valence electrons. The van der Waals surface area contributed by atoms with Gasteiger partial charge in [0, 0.05) is 0 Å². The van der Waals surface area contributed by atoms with Crippen LogP contribution in [0.4, 0.5) is 0 Å². The molecule has 0 saturated heterocycles. The molecule has 0 bridgehead atoms. The van der Waals surface area contributed by atoms with Crippen LogP contribution in [0.15, 0.2) is 0 Å². The second-order valence-corrected chi connectivity index (χ2v) is 10.4. The molecular weight excluding hydrogens is 407 g/mol. The summed E-state index contributed by atoms with van der Waals surface area (Å²) in [5, 5.41) is 8.59. The molecule has 0 rings (SSSR count). The molecule has 0 spiro atoms. The van der Waals surface area contributed by atoms with Crippen molar-refractivity contribution in [3.05, 3.63) is 0 Å². The van der Waals surface area contributed by atoms with E-state index in [0.717, 1.165) is 12.8 Å². The molecule has 1 N–H and O–H groups in total. The monoisotopic (exact) mass is 456 g/mol. The molecule has 0 radical (unpaired) electrons. The molecule has 6 heteroatoms. The summed E-state index contributed by atoms with van der Waals surface area (Å²) in [6.45, 7) is 3.98. The Labute approximate surface area is 210 Å². The summed E-state index contributed by atoms with van der Waals surface area (Å²) < 4.78 is 33.7. The maximum atomic E-state index is 11.2. The fourth-order valence-electron chi connectivity index (χ4n) is 4.04. The molecule has 0 amide bonds. The number of hydrogen-bond donors (Lipinski definition) is 1. The van der Waals surface area contributed by atoms with E-state index in [1.807, 2.05) is 0 Å². The molecule has 0 aliphatic carbocycles.